The molecular weight excluding hydrogens is 242 g/mol. The highest BCUT2D eigenvalue weighted by Gasteiger charge is 2.25. The van der Waals surface area contributed by atoms with Crippen LogP contribution in [-0.4, -0.2) is 48.9 Å². The molecule has 0 bridgehead atoms. The molecule has 5 heteroatoms. The number of nitrogens with one attached hydrogen (secondary N) is 2. The molecule has 1 rings (SSSR count). The van der Waals surface area contributed by atoms with Gasteiger partial charge in [-0.1, -0.05) is 19.8 Å². The number of nitrogens with zero attached hydrogens (tertiary/aromatic N) is 1. The second kappa shape index (κ2) is 8.15. The highest BCUT2D eigenvalue weighted by molar-refractivity contribution is 5.81. The van der Waals surface area contributed by atoms with Crippen molar-refractivity contribution in [3.63, 3.8) is 0 Å². The van der Waals surface area contributed by atoms with Gasteiger partial charge < -0.3 is 15.5 Å². The van der Waals surface area contributed by atoms with Gasteiger partial charge in [-0.2, -0.15) is 0 Å². The van der Waals surface area contributed by atoms with Gasteiger partial charge in [0.1, 0.15) is 0 Å². The molecule has 2 N–H and O–H groups in total. The number of rotatable bonds is 7. The Bertz CT molecular complexity index is 307. The number of likely N-dealkylation sites (N-methyl/N-ethyl adjacent to an activating group) is 1. The van der Waals surface area contributed by atoms with Crippen LogP contribution < -0.4 is 10.6 Å². The fourth-order valence-electron chi connectivity index (χ4n) is 2.32. The third-order valence-electron chi connectivity index (χ3n) is 3.59. The van der Waals surface area contributed by atoms with Crippen molar-refractivity contribution in [1.29, 1.82) is 0 Å². The summed E-state index contributed by atoms with van der Waals surface area (Å²) in [5.41, 5.74) is 0. The van der Waals surface area contributed by atoms with Crippen LogP contribution in [0, 0.1) is 0 Å². The molecule has 1 fully saturated rings. The van der Waals surface area contributed by atoms with Crippen LogP contribution in [0.5, 0.6) is 0 Å². The standard InChI is InChI=1S/C14H27N3O2/c1-4-5-6-9-15-14(19)11(2)16-12-7-8-13(18)17(3)10-12/h11-12,16H,4-10H2,1-3H3,(H,15,19). The van der Waals surface area contributed by atoms with Crippen molar-refractivity contribution in [2.75, 3.05) is 20.1 Å². The second-order valence-corrected chi connectivity index (χ2v) is 5.40. The lowest BCUT2D eigenvalue weighted by atomic mass is 10.0. The highest BCUT2D eigenvalue weighted by Crippen LogP contribution is 2.10. The molecule has 1 aliphatic heterocycles. The molecular formula is C14H27N3O2. The molecule has 19 heavy (non-hydrogen) atoms. The molecule has 0 radical (unpaired) electrons. The van der Waals surface area contributed by atoms with E-state index in [2.05, 4.69) is 17.6 Å². The first-order valence-corrected chi connectivity index (χ1v) is 7.32. The maximum absolute atomic E-state index is 11.9. The molecule has 1 saturated heterocycles. The Morgan fingerprint density at radius 2 is 2.21 bits per heavy atom. The smallest absolute Gasteiger partial charge is 0.236 e. The number of unbranched alkanes of at least 4 members (excludes halogenated alkanes) is 2. The summed E-state index contributed by atoms with van der Waals surface area (Å²) in [6, 6.07) is 0.0207. The van der Waals surface area contributed by atoms with Crippen LogP contribution >= 0.6 is 0 Å². The lowest BCUT2D eigenvalue weighted by Gasteiger charge is -2.31. The minimum absolute atomic E-state index is 0.0515. The van der Waals surface area contributed by atoms with Gasteiger partial charge in [0.15, 0.2) is 0 Å². The first-order valence-electron chi connectivity index (χ1n) is 7.32. The summed E-state index contributed by atoms with van der Waals surface area (Å²) in [4.78, 5) is 25.0. The van der Waals surface area contributed by atoms with Crippen LogP contribution in [-0.2, 0) is 9.59 Å². The SMILES string of the molecule is CCCCCNC(=O)C(C)NC1CCC(=O)N(C)C1. The second-order valence-electron chi connectivity index (χ2n) is 5.40. The van der Waals surface area contributed by atoms with Crippen molar-refractivity contribution < 1.29 is 9.59 Å². The summed E-state index contributed by atoms with van der Waals surface area (Å²) in [5.74, 6) is 0.241. The Morgan fingerprint density at radius 1 is 1.47 bits per heavy atom. The normalized spacial score (nSPS) is 21.3. The molecule has 0 spiro atoms. The van der Waals surface area contributed by atoms with Crippen molar-refractivity contribution in [1.82, 2.24) is 15.5 Å². The van der Waals surface area contributed by atoms with Gasteiger partial charge in [-0.05, 0) is 19.8 Å². The third kappa shape index (κ3) is 5.59. The molecule has 0 aromatic carbocycles. The van der Waals surface area contributed by atoms with E-state index in [4.69, 9.17) is 0 Å². The van der Waals surface area contributed by atoms with Crippen LogP contribution in [0.4, 0.5) is 0 Å². The molecule has 0 aromatic heterocycles. The average Bonchev–Trinajstić information content (AvgIpc) is 2.38. The van der Waals surface area contributed by atoms with Gasteiger partial charge in [-0.15, -0.1) is 0 Å². The summed E-state index contributed by atoms with van der Waals surface area (Å²) < 4.78 is 0. The van der Waals surface area contributed by atoms with E-state index in [-0.39, 0.29) is 23.9 Å². The summed E-state index contributed by atoms with van der Waals surface area (Å²) in [5, 5.41) is 6.25. The van der Waals surface area contributed by atoms with Gasteiger partial charge in [0.05, 0.1) is 6.04 Å². The van der Waals surface area contributed by atoms with Crippen LogP contribution in [0.15, 0.2) is 0 Å². The van der Waals surface area contributed by atoms with Gasteiger partial charge in [0.25, 0.3) is 0 Å². The van der Waals surface area contributed by atoms with Crippen LogP contribution in [0.3, 0.4) is 0 Å². The monoisotopic (exact) mass is 269 g/mol. The number of carbonyl (C=O) groups is 2. The molecule has 0 aromatic rings. The first kappa shape index (κ1) is 16.0. The Balaban J connectivity index is 2.24. The minimum Gasteiger partial charge on any atom is -0.355 e. The summed E-state index contributed by atoms with van der Waals surface area (Å²) in [6.45, 7) is 5.46. The lowest BCUT2D eigenvalue weighted by Crippen LogP contribution is -2.53. The zero-order valence-electron chi connectivity index (χ0n) is 12.4. The van der Waals surface area contributed by atoms with Gasteiger partial charge in [-0.3, -0.25) is 9.59 Å². The molecule has 0 saturated carbocycles. The van der Waals surface area contributed by atoms with Crippen LogP contribution in [0.2, 0.25) is 0 Å². The molecule has 0 aliphatic carbocycles. The number of carbonyl (C=O) groups excluding carboxylic acids is 2. The Labute approximate surface area is 116 Å². The van der Waals surface area contributed by atoms with E-state index in [1.54, 1.807) is 4.90 Å². The van der Waals surface area contributed by atoms with E-state index in [0.29, 0.717) is 13.0 Å². The summed E-state index contributed by atoms with van der Waals surface area (Å²) in [6.07, 6.45) is 4.73. The fourth-order valence-corrected chi connectivity index (χ4v) is 2.32. The molecule has 110 valence electrons. The Morgan fingerprint density at radius 3 is 2.84 bits per heavy atom. The predicted molar refractivity (Wildman–Crippen MR) is 75.8 cm³/mol. The molecule has 2 atom stereocenters. The van der Waals surface area contributed by atoms with Gasteiger partial charge >= 0.3 is 0 Å². The number of hydrogen-bond acceptors (Lipinski definition) is 3. The zero-order valence-corrected chi connectivity index (χ0v) is 12.4. The number of hydrogen-bond donors (Lipinski definition) is 2. The number of amides is 2. The maximum atomic E-state index is 11.9. The molecule has 2 unspecified atom stereocenters. The Hall–Kier alpha value is -1.10. The largest absolute Gasteiger partial charge is 0.355 e. The molecule has 5 nitrogen and oxygen atoms in total. The molecule has 1 aliphatic rings. The molecule has 2 amide bonds. The number of likely N-dealkylation sites (tertiary alicyclic amines) is 1. The quantitative estimate of drug-likeness (QED) is 0.675. The van der Waals surface area contributed by atoms with Crippen molar-refractivity contribution in [2.24, 2.45) is 0 Å². The zero-order chi connectivity index (χ0) is 14.3. The van der Waals surface area contributed by atoms with Gasteiger partial charge in [0, 0.05) is 32.6 Å². The first-order chi connectivity index (χ1) is 9.04. The van der Waals surface area contributed by atoms with Crippen molar-refractivity contribution in [3.05, 3.63) is 0 Å². The average molecular weight is 269 g/mol. The molecule has 1 heterocycles. The minimum atomic E-state index is -0.201. The van der Waals surface area contributed by atoms with E-state index in [0.717, 1.165) is 32.2 Å². The van der Waals surface area contributed by atoms with Gasteiger partial charge in [0.2, 0.25) is 11.8 Å². The number of piperidine rings is 1. The van der Waals surface area contributed by atoms with Crippen molar-refractivity contribution >= 4 is 11.8 Å². The highest BCUT2D eigenvalue weighted by atomic mass is 16.2. The third-order valence-corrected chi connectivity index (χ3v) is 3.59. The van der Waals surface area contributed by atoms with E-state index >= 15 is 0 Å². The van der Waals surface area contributed by atoms with Crippen LogP contribution in [0.1, 0.15) is 46.0 Å². The lowest BCUT2D eigenvalue weighted by molar-refractivity contribution is -0.132. The fraction of sp³-hybridized carbons (Fsp3) is 0.857. The Kier molecular flexibility index (Phi) is 6.84. The summed E-state index contributed by atoms with van der Waals surface area (Å²) in [7, 11) is 1.81. The topological polar surface area (TPSA) is 61.4 Å². The van der Waals surface area contributed by atoms with E-state index in [1.807, 2.05) is 14.0 Å². The maximum Gasteiger partial charge on any atom is 0.236 e. The van der Waals surface area contributed by atoms with Crippen molar-refractivity contribution in [2.45, 2.75) is 58.0 Å². The predicted octanol–water partition coefficient (Wildman–Crippen LogP) is 0.892. The van der Waals surface area contributed by atoms with E-state index in [1.165, 1.54) is 0 Å². The van der Waals surface area contributed by atoms with Crippen LogP contribution in [0.25, 0.3) is 0 Å². The van der Waals surface area contributed by atoms with Gasteiger partial charge in [-0.25, -0.2) is 0 Å². The van der Waals surface area contributed by atoms with Crippen molar-refractivity contribution in [3.8, 4) is 0 Å². The summed E-state index contributed by atoms with van der Waals surface area (Å²) >= 11 is 0. The van der Waals surface area contributed by atoms with E-state index in [9.17, 15) is 9.59 Å². The van der Waals surface area contributed by atoms with E-state index < -0.39 is 0 Å².